The predicted molar refractivity (Wildman–Crippen MR) is 330 cm³/mol. The number of ether oxygens (including phenoxy) is 2. The van der Waals surface area contributed by atoms with Crippen molar-refractivity contribution in [3.63, 3.8) is 0 Å². The first kappa shape index (κ1) is 75.2. The number of hydrogen-bond donors (Lipinski definition) is 2. The lowest BCUT2D eigenvalue weighted by Crippen LogP contribution is -2.29. The Morgan fingerprint density at radius 1 is 0.390 bits per heavy atom. The summed E-state index contributed by atoms with van der Waals surface area (Å²) < 4.78 is 33.1. The van der Waals surface area contributed by atoms with Gasteiger partial charge in [0, 0.05) is 19.4 Å². The number of carbonyl (C=O) groups excluding carboxylic acids is 2. The first-order valence-corrected chi connectivity index (χ1v) is 35.0. The van der Waals surface area contributed by atoms with Gasteiger partial charge in [-0.05, 0) is 70.6 Å². The van der Waals surface area contributed by atoms with Crippen molar-refractivity contribution in [2.24, 2.45) is 5.73 Å². The fourth-order valence-corrected chi connectivity index (χ4v) is 10.8. The molecule has 77 heavy (non-hydrogen) atoms. The zero-order chi connectivity index (χ0) is 55.9. The van der Waals surface area contributed by atoms with Gasteiger partial charge >= 0.3 is 19.8 Å². The highest BCUT2D eigenvalue weighted by Crippen LogP contribution is 2.43. The van der Waals surface area contributed by atoms with Crippen molar-refractivity contribution in [1.29, 1.82) is 0 Å². The van der Waals surface area contributed by atoms with E-state index in [1.165, 1.54) is 276 Å². The summed E-state index contributed by atoms with van der Waals surface area (Å²) in [6, 6.07) is 0. The van der Waals surface area contributed by atoms with Crippen LogP contribution >= 0.6 is 7.82 Å². The molecular formula is C67H128NO8P. The van der Waals surface area contributed by atoms with E-state index in [0.717, 1.165) is 38.5 Å². The molecule has 9 nitrogen and oxygen atoms in total. The number of phosphoric acid groups is 1. The van der Waals surface area contributed by atoms with E-state index in [4.69, 9.17) is 24.3 Å². The summed E-state index contributed by atoms with van der Waals surface area (Å²) in [5, 5.41) is 0. The Balaban J connectivity index is 3.82. The van der Waals surface area contributed by atoms with Crippen LogP contribution in [0.3, 0.4) is 0 Å². The molecule has 10 heteroatoms. The number of nitrogens with two attached hydrogens (primary N) is 1. The Morgan fingerprint density at radius 3 is 1.00 bits per heavy atom. The molecule has 0 aromatic carbocycles. The summed E-state index contributed by atoms with van der Waals surface area (Å²) in [7, 11) is -4.39. The van der Waals surface area contributed by atoms with Crippen molar-refractivity contribution >= 4 is 19.8 Å². The predicted octanol–water partition coefficient (Wildman–Crippen LogP) is 21.5. The van der Waals surface area contributed by atoms with Crippen LogP contribution in [0, 0.1) is 0 Å². The highest BCUT2D eigenvalue weighted by atomic mass is 31.2. The Bertz CT molecular complexity index is 1350. The van der Waals surface area contributed by atoms with Crippen molar-refractivity contribution in [3.8, 4) is 0 Å². The molecule has 0 aromatic rings. The third-order valence-electron chi connectivity index (χ3n) is 15.0. The lowest BCUT2D eigenvalue weighted by atomic mass is 10.0. The Morgan fingerprint density at radius 2 is 0.675 bits per heavy atom. The van der Waals surface area contributed by atoms with Gasteiger partial charge in [-0.1, -0.05) is 301 Å². The molecule has 2 unspecified atom stereocenters. The van der Waals surface area contributed by atoms with Crippen LogP contribution in [0.25, 0.3) is 0 Å². The normalized spacial score (nSPS) is 13.1. The van der Waals surface area contributed by atoms with E-state index in [2.05, 4.69) is 50.3 Å². The highest BCUT2D eigenvalue weighted by molar-refractivity contribution is 7.47. The molecule has 0 amide bonds. The summed E-state index contributed by atoms with van der Waals surface area (Å²) in [5.74, 6) is -0.811. The molecule has 0 saturated carbocycles. The zero-order valence-corrected chi connectivity index (χ0v) is 51.9. The second kappa shape index (κ2) is 63.4. The van der Waals surface area contributed by atoms with Crippen LogP contribution in [0.1, 0.15) is 348 Å². The average molecular weight is 1110 g/mol. The van der Waals surface area contributed by atoms with Crippen LogP contribution in [0.15, 0.2) is 36.5 Å². The maximum Gasteiger partial charge on any atom is 0.472 e. The topological polar surface area (TPSA) is 134 Å². The third kappa shape index (κ3) is 63.3. The van der Waals surface area contributed by atoms with Crippen LogP contribution in [-0.4, -0.2) is 49.3 Å². The van der Waals surface area contributed by atoms with Gasteiger partial charge in [0.2, 0.25) is 0 Å². The van der Waals surface area contributed by atoms with Gasteiger partial charge in [0.15, 0.2) is 6.10 Å². The van der Waals surface area contributed by atoms with Crippen molar-refractivity contribution in [1.82, 2.24) is 0 Å². The van der Waals surface area contributed by atoms with E-state index < -0.39 is 26.5 Å². The molecule has 0 aliphatic carbocycles. The third-order valence-corrected chi connectivity index (χ3v) is 16.0. The summed E-state index contributed by atoms with van der Waals surface area (Å²) in [4.78, 5) is 35.3. The standard InChI is InChI=1S/C67H128NO8P/c1-3-5-7-9-11-13-15-17-19-21-23-25-26-27-28-29-30-31-32-33-34-35-36-37-38-40-42-44-46-48-50-52-54-56-58-60-67(70)76-65(64-75-77(71,72)74-62-61-68)63-73-66(69)59-57-55-53-51-49-47-45-43-41-39-24-22-20-18-16-14-12-10-8-6-4-2/h15,17,21-24,65H,3-14,16,18-20,25-64,68H2,1-2H3,(H,71,72)/b17-15-,23-21-,24-22-. The first-order valence-electron chi connectivity index (χ1n) is 33.5. The Hall–Kier alpha value is -1.77. The summed E-state index contributed by atoms with van der Waals surface area (Å²) in [6.45, 7) is 3.79. The smallest absolute Gasteiger partial charge is 0.462 e. The SMILES string of the molecule is CCCCCCC/C=C\C/C=C\CCCCCCCCCCCCCCCCCCCCCCCCCC(=O)OC(COC(=O)CCCCCCCCCCC/C=C\CCCCCCCCCC)COP(=O)(O)OCCN. The molecule has 2 atom stereocenters. The first-order chi connectivity index (χ1) is 37.8. The molecule has 3 N–H and O–H groups in total. The van der Waals surface area contributed by atoms with E-state index in [1.54, 1.807) is 0 Å². The zero-order valence-electron chi connectivity index (χ0n) is 51.0. The number of unbranched alkanes of at least 4 members (excludes halogenated alkanes) is 45. The van der Waals surface area contributed by atoms with Crippen LogP contribution in [0.2, 0.25) is 0 Å². The van der Waals surface area contributed by atoms with Crippen molar-refractivity contribution < 1.29 is 37.6 Å². The minimum atomic E-state index is -4.39. The Kier molecular flexibility index (Phi) is 62.0. The van der Waals surface area contributed by atoms with E-state index in [1.807, 2.05) is 0 Å². The van der Waals surface area contributed by atoms with Gasteiger partial charge in [-0.25, -0.2) is 4.57 Å². The molecule has 0 fully saturated rings. The number of phosphoric ester groups is 1. The van der Waals surface area contributed by atoms with Gasteiger partial charge in [0.25, 0.3) is 0 Å². The van der Waals surface area contributed by atoms with Gasteiger partial charge in [-0.3, -0.25) is 18.6 Å². The van der Waals surface area contributed by atoms with Crippen LogP contribution in [-0.2, 0) is 32.7 Å². The van der Waals surface area contributed by atoms with Crippen molar-refractivity contribution in [2.45, 2.75) is 354 Å². The molecule has 0 rings (SSSR count). The summed E-state index contributed by atoms with van der Waals surface area (Å²) in [6.07, 6.45) is 78.1. The lowest BCUT2D eigenvalue weighted by Gasteiger charge is -2.19. The van der Waals surface area contributed by atoms with E-state index in [9.17, 15) is 19.0 Å². The van der Waals surface area contributed by atoms with E-state index in [0.29, 0.717) is 6.42 Å². The van der Waals surface area contributed by atoms with Crippen LogP contribution < -0.4 is 5.73 Å². The molecule has 0 aliphatic heterocycles. The number of allylic oxidation sites excluding steroid dienone is 6. The largest absolute Gasteiger partial charge is 0.472 e. The maximum absolute atomic E-state index is 12.7. The highest BCUT2D eigenvalue weighted by Gasteiger charge is 2.26. The number of rotatable bonds is 64. The van der Waals surface area contributed by atoms with E-state index in [-0.39, 0.29) is 38.6 Å². The van der Waals surface area contributed by atoms with Gasteiger partial charge < -0.3 is 20.1 Å². The Labute approximate surface area is 477 Å². The average Bonchev–Trinajstić information content (AvgIpc) is 3.42. The molecule has 0 bridgehead atoms. The second-order valence-electron chi connectivity index (χ2n) is 22.7. The lowest BCUT2D eigenvalue weighted by molar-refractivity contribution is -0.161. The molecule has 0 aliphatic rings. The maximum atomic E-state index is 12.7. The molecule has 0 spiro atoms. The van der Waals surface area contributed by atoms with E-state index >= 15 is 0 Å². The van der Waals surface area contributed by atoms with Gasteiger partial charge in [-0.2, -0.15) is 0 Å². The number of esters is 2. The minimum Gasteiger partial charge on any atom is -0.462 e. The fourth-order valence-electron chi connectivity index (χ4n) is 10.0. The summed E-state index contributed by atoms with van der Waals surface area (Å²) in [5.41, 5.74) is 5.39. The minimum absolute atomic E-state index is 0.0553. The molecule has 0 radical (unpaired) electrons. The number of carbonyl (C=O) groups is 2. The monoisotopic (exact) mass is 1110 g/mol. The van der Waals surface area contributed by atoms with Gasteiger partial charge in [0.1, 0.15) is 6.61 Å². The molecule has 0 saturated heterocycles. The molecule has 454 valence electrons. The van der Waals surface area contributed by atoms with Gasteiger partial charge in [-0.15, -0.1) is 0 Å². The quantitative estimate of drug-likeness (QED) is 0.0264. The molecular weight excluding hydrogens is 978 g/mol. The fraction of sp³-hybridized carbons (Fsp3) is 0.881. The van der Waals surface area contributed by atoms with Crippen LogP contribution in [0.5, 0.6) is 0 Å². The molecule has 0 heterocycles. The van der Waals surface area contributed by atoms with Crippen molar-refractivity contribution in [3.05, 3.63) is 36.5 Å². The number of hydrogen-bond acceptors (Lipinski definition) is 8. The van der Waals surface area contributed by atoms with Gasteiger partial charge in [0.05, 0.1) is 13.2 Å². The molecule has 0 aromatic heterocycles. The van der Waals surface area contributed by atoms with Crippen LogP contribution in [0.4, 0.5) is 0 Å². The summed E-state index contributed by atoms with van der Waals surface area (Å²) >= 11 is 0. The van der Waals surface area contributed by atoms with Crippen molar-refractivity contribution in [2.75, 3.05) is 26.4 Å². The second-order valence-corrected chi connectivity index (χ2v) is 24.1.